The van der Waals surface area contributed by atoms with Gasteiger partial charge >= 0.3 is 0 Å². The summed E-state index contributed by atoms with van der Waals surface area (Å²) in [5, 5.41) is 9.39. The fraction of sp³-hybridized carbons (Fsp3) is 0.263. The van der Waals surface area contributed by atoms with Crippen LogP contribution < -0.4 is 16.0 Å². The van der Waals surface area contributed by atoms with Gasteiger partial charge in [0, 0.05) is 37.2 Å². The molecule has 0 radical (unpaired) electrons. The molecule has 6 nitrogen and oxygen atoms in total. The third kappa shape index (κ3) is 7.09. The second-order valence-electron chi connectivity index (χ2n) is 5.71. The summed E-state index contributed by atoms with van der Waals surface area (Å²) in [5.74, 6) is -0.386. The Labute approximate surface area is 168 Å². The summed E-state index contributed by atoms with van der Waals surface area (Å²) in [6.07, 6.45) is 0.752. The van der Waals surface area contributed by atoms with E-state index in [4.69, 9.17) is 27.9 Å². The maximum atomic E-state index is 12.0. The molecule has 0 unspecified atom stereocenters. The number of hydrogen-bond acceptors (Lipinski definition) is 4. The molecule has 0 heterocycles. The monoisotopic (exact) mass is 409 g/mol. The molecule has 0 saturated heterocycles. The van der Waals surface area contributed by atoms with Crippen molar-refractivity contribution in [2.45, 2.75) is 6.42 Å². The van der Waals surface area contributed by atoms with E-state index in [9.17, 15) is 9.59 Å². The minimum absolute atomic E-state index is 0.0691. The van der Waals surface area contributed by atoms with Gasteiger partial charge in [-0.3, -0.25) is 9.59 Å². The first-order valence-electron chi connectivity index (χ1n) is 8.35. The number of hydrogen-bond donors (Lipinski definition) is 3. The van der Waals surface area contributed by atoms with E-state index < -0.39 is 0 Å². The van der Waals surface area contributed by atoms with Gasteiger partial charge < -0.3 is 20.7 Å². The van der Waals surface area contributed by atoms with Crippen LogP contribution in [0, 0.1) is 0 Å². The molecule has 3 N–H and O–H groups in total. The second-order valence-corrected chi connectivity index (χ2v) is 6.52. The average Bonchev–Trinajstić information content (AvgIpc) is 2.66. The predicted molar refractivity (Wildman–Crippen MR) is 109 cm³/mol. The molecule has 0 spiro atoms. The first-order chi connectivity index (χ1) is 13.0. The maximum Gasteiger partial charge on any atom is 0.251 e. The summed E-state index contributed by atoms with van der Waals surface area (Å²) in [4.78, 5) is 24.0. The molecule has 144 valence electrons. The number of benzene rings is 2. The first-order valence-corrected chi connectivity index (χ1v) is 9.11. The van der Waals surface area contributed by atoms with Crippen molar-refractivity contribution in [3.8, 4) is 0 Å². The number of rotatable bonds is 9. The number of carbonyl (C=O) groups excluding carboxylic acids is 2. The molecule has 0 aliphatic heterocycles. The van der Waals surface area contributed by atoms with Gasteiger partial charge in [0.05, 0.1) is 16.6 Å². The molecule has 2 amide bonds. The summed E-state index contributed by atoms with van der Waals surface area (Å²) < 4.78 is 4.93. The standard InChI is InChI=1S/C19H21Cl2N3O3/c1-27-10-2-9-22-19(26)13-3-5-14(6-4-13)24-18(25)12-23-15-7-8-16(20)17(21)11-15/h3-8,11,23H,2,9-10,12H2,1H3,(H,22,26)(H,24,25). The highest BCUT2D eigenvalue weighted by Crippen LogP contribution is 2.24. The average molecular weight is 410 g/mol. The van der Waals surface area contributed by atoms with E-state index in [1.165, 1.54) is 0 Å². The van der Waals surface area contributed by atoms with Crippen LogP contribution in [0.3, 0.4) is 0 Å². The molecular weight excluding hydrogens is 389 g/mol. The fourth-order valence-corrected chi connectivity index (χ4v) is 2.52. The van der Waals surface area contributed by atoms with Gasteiger partial charge in [0.2, 0.25) is 5.91 Å². The largest absolute Gasteiger partial charge is 0.385 e. The quantitative estimate of drug-likeness (QED) is 0.550. The van der Waals surface area contributed by atoms with Crippen LogP contribution in [-0.2, 0) is 9.53 Å². The van der Waals surface area contributed by atoms with Crippen molar-refractivity contribution in [3.05, 3.63) is 58.1 Å². The number of halogens is 2. The van der Waals surface area contributed by atoms with Crippen LogP contribution in [-0.4, -0.2) is 38.6 Å². The van der Waals surface area contributed by atoms with Gasteiger partial charge in [-0.2, -0.15) is 0 Å². The molecule has 0 saturated carbocycles. The fourth-order valence-electron chi connectivity index (χ4n) is 2.22. The number of carbonyl (C=O) groups is 2. The van der Waals surface area contributed by atoms with Crippen LogP contribution in [0.5, 0.6) is 0 Å². The van der Waals surface area contributed by atoms with Crippen LogP contribution in [0.1, 0.15) is 16.8 Å². The van der Waals surface area contributed by atoms with Gasteiger partial charge in [-0.15, -0.1) is 0 Å². The maximum absolute atomic E-state index is 12.0. The smallest absolute Gasteiger partial charge is 0.251 e. The number of ether oxygens (including phenoxy) is 1. The Morgan fingerprint density at radius 2 is 1.70 bits per heavy atom. The Balaban J connectivity index is 1.80. The summed E-state index contributed by atoms with van der Waals surface area (Å²) >= 11 is 11.8. The third-order valence-corrected chi connectivity index (χ3v) is 4.35. The van der Waals surface area contributed by atoms with Crippen LogP contribution >= 0.6 is 23.2 Å². The van der Waals surface area contributed by atoms with E-state index in [2.05, 4.69) is 16.0 Å². The van der Waals surface area contributed by atoms with Crippen LogP contribution in [0.4, 0.5) is 11.4 Å². The van der Waals surface area contributed by atoms with Gasteiger partial charge in [-0.1, -0.05) is 23.2 Å². The molecule has 8 heteroatoms. The highest BCUT2D eigenvalue weighted by Gasteiger charge is 2.07. The SMILES string of the molecule is COCCCNC(=O)c1ccc(NC(=O)CNc2ccc(Cl)c(Cl)c2)cc1. The lowest BCUT2D eigenvalue weighted by atomic mass is 10.2. The predicted octanol–water partition coefficient (Wildman–Crippen LogP) is 3.81. The summed E-state index contributed by atoms with van der Waals surface area (Å²) in [6, 6.07) is 11.7. The van der Waals surface area contributed by atoms with Gasteiger partial charge in [0.15, 0.2) is 0 Å². The zero-order valence-corrected chi connectivity index (χ0v) is 16.4. The van der Waals surface area contributed by atoms with E-state index in [-0.39, 0.29) is 18.4 Å². The minimum atomic E-state index is -0.224. The highest BCUT2D eigenvalue weighted by atomic mass is 35.5. The molecule has 0 fully saturated rings. The lowest BCUT2D eigenvalue weighted by Crippen LogP contribution is -2.25. The van der Waals surface area contributed by atoms with E-state index in [0.29, 0.717) is 40.1 Å². The van der Waals surface area contributed by atoms with Crippen molar-refractivity contribution in [2.75, 3.05) is 37.4 Å². The van der Waals surface area contributed by atoms with Crippen molar-refractivity contribution in [1.29, 1.82) is 0 Å². The van der Waals surface area contributed by atoms with E-state index >= 15 is 0 Å². The summed E-state index contributed by atoms with van der Waals surface area (Å²) in [7, 11) is 1.62. The number of nitrogens with one attached hydrogen (secondary N) is 3. The van der Waals surface area contributed by atoms with Gasteiger partial charge in [0.1, 0.15) is 0 Å². The molecule has 0 aliphatic carbocycles. The highest BCUT2D eigenvalue weighted by molar-refractivity contribution is 6.42. The van der Waals surface area contributed by atoms with E-state index in [1.54, 1.807) is 49.6 Å². The van der Waals surface area contributed by atoms with Crippen molar-refractivity contribution in [2.24, 2.45) is 0 Å². The molecule has 27 heavy (non-hydrogen) atoms. The third-order valence-electron chi connectivity index (χ3n) is 3.61. The second kappa shape index (κ2) is 10.8. The van der Waals surface area contributed by atoms with Crippen molar-refractivity contribution in [1.82, 2.24) is 5.32 Å². The molecule has 2 aromatic carbocycles. The van der Waals surface area contributed by atoms with Gasteiger partial charge in [-0.25, -0.2) is 0 Å². The molecular formula is C19H21Cl2N3O3. The lowest BCUT2D eigenvalue weighted by molar-refractivity contribution is -0.114. The summed E-state index contributed by atoms with van der Waals surface area (Å²) in [6.45, 7) is 1.22. The van der Waals surface area contributed by atoms with Crippen molar-refractivity contribution >= 4 is 46.4 Å². The van der Waals surface area contributed by atoms with E-state index in [1.807, 2.05) is 0 Å². The normalized spacial score (nSPS) is 10.3. The summed E-state index contributed by atoms with van der Waals surface area (Å²) in [5.41, 5.74) is 1.83. The minimum Gasteiger partial charge on any atom is -0.385 e. The molecule has 0 aromatic heterocycles. The zero-order chi connectivity index (χ0) is 19.6. The van der Waals surface area contributed by atoms with Crippen LogP contribution in [0.25, 0.3) is 0 Å². The first kappa shape index (κ1) is 21.0. The Hall–Kier alpha value is -2.28. The Kier molecular flexibility index (Phi) is 8.39. The Morgan fingerprint density at radius 1 is 1.00 bits per heavy atom. The topological polar surface area (TPSA) is 79.5 Å². The molecule has 0 atom stereocenters. The van der Waals surface area contributed by atoms with E-state index in [0.717, 1.165) is 6.42 Å². The molecule has 2 aromatic rings. The molecule has 2 rings (SSSR count). The lowest BCUT2D eigenvalue weighted by Gasteiger charge is -2.09. The number of methoxy groups -OCH3 is 1. The van der Waals surface area contributed by atoms with Crippen molar-refractivity contribution in [3.63, 3.8) is 0 Å². The van der Waals surface area contributed by atoms with Crippen LogP contribution in [0.2, 0.25) is 10.0 Å². The van der Waals surface area contributed by atoms with Gasteiger partial charge in [-0.05, 0) is 48.9 Å². The van der Waals surface area contributed by atoms with Crippen molar-refractivity contribution < 1.29 is 14.3 Å². The Bertz CT molecular complexity index is 782. The number of anilines is 2. The Morgan fingerprint density at radius 3 is 2.37 bits per heavy atom. The molecule has 0 bridgehead atoms. The van der Waals surface area contributed by atoms with Gasteiger partial charge in [0.25, 0.3) is 5.91 Å². The van der Waals surface area contributed by atoms with Crippen LogP contribution in [0.15, 0.2) is 42.5 Å². The zero-order valence-electron chi connectivity index (χ0n) is 14.9. The number of amides is 2. The molecule has 0 aliphatic rings.